The highest BCUT2D eigenvalue weighted by Crippen LogP contribution is 2.24. The Kier molecular flexibility index (Phi) is 4.72. The molecular weight excluding hydrogens is 380 g/mol. The summed E-state index contributed by atoms with van der Waals surface area (Å²) in [6.45, 7) is 3.53. The third kappa shape index (κ3) is 3.43. The number of rotatable bonds is 4. The quantitative estimate of drug-likeness (QED) is 0.555. The zero-order chi connectivity index (χ0) is 20.5. The molecule has 1 amide bonds. The molecule has 0 saturated carbocycles. The van der Waals surface area contributed by atoms with Gasteiger partial charge in [0, 0.05) is 44.8 Å². The topological polar surface area (TPSA) is 92.1 Å². The van der Waals surface area contributed by atoms with Gasteiger partial charge in [-0.3, -0.25) is 19.4 Å². The molecule has 30 heavy (non-hydrogen) atoms. The molecule has 0 bridgehead atoms. The maximum atomic E-state index is 12.6. The Labute approximate surface area is 173 Å². The van der Waals surface area contributed by atoms with Gasteiger partial charge < -0.3 is 10.2 Å². The molecule has 0 aliphatic carbocycles. The summed E-state index contributed by atoms with van der Waals surface area (Å²) in [5.41, 5.74) is 2.49. The van der Waals surface area contributed by atoms with Crippen LogP contribution in [0.4, 0.5) is 11.5 Å². The number of pyridine rings is 1. The number of amides is 1. The Morgan fingerprint density at radius 1 is 1.03 bits per heavy atom. The Morgan fingerprint density at radius 3 is 2.77 bits per heavy atom. The van der Waals surface area contributed by atoms with Crippen LogP contribution in [-0.2, 0) is 11.8 Å². The number of nitrogens with one attached hydrogen (secondary N) is 1. The maximum Gasteiger partial charge on any atom is 0.238 e. The van der Waals surface area contributed by atoms with Crippen molar-refractivity contribution in [1.29, 1.82) is 0 Å². The largest absolute Gasteiger partial charge is 0.353 e. The van der Waals surface area contributed by atoms with E-state index in [1.807, 2.05) is 43.6 Å². The van der Waals surface area contributed by atoms with Gasteiger partial charge in [0.15, 0.2) is 5.65 Å². The SMILES string of the molecule is Cn1ncc2c(N3CCN(CC(=O)Nc4cccc5ncccc45)CC3)ncnc21. The van der Waals surface area contributed by atoms with Crippen LogP contribution in [0.5, 0.6) is 0 Å². The van der Waals surface area contributed by atoms with Crippen molar-refractivity contribution in [1.82, 2.24) is 29.6 Å². The second-order valence-electron chi connectivity index (χ2n) is 7.39. The summed E-state index contributed by atoms with van der Waals surface area (Å²) in [7, 11) is 1.88. The van der Waals surface area contributed by atoms with Crippen molar-refractivity contribution in [2.75, 3.05) is 42.9 Å². The first kappa shape index (κ1) is 18.4. The molecule has 4 aromatic rings. The van der Waals surface area contributed by atoms with Crippen LogP contribution >= 0.6 is 0 Å². The highest BCUT2D eigenvalue weighted by atomic mass is 16.2. The Hall–Kier alpha value is -3.59. The number of hydrogen-bond acceptors (Lipinski definition) is 7. The van der Waals surface area contributed by atoms with Crippen molar-refractivity contribution in [3.8, 4) is 0 Å². The average Bonchev–Trinajstić information content (AvgIpc) is 3.16. The van der Waals surface area contributed by atoms with Crippen molar-refractivity contribution >= 4 is 39.3 Å². The lowest BCUT2D eigenvalue weighted by molar-refractivity contribution is -0.117. The van der Waals surface area contributed by atoms with Crippen LogP contribution in [0.2, 0.25) is 0 Å². The van der Waals surface area contributed by atoms with Gasteiger partial charge in [-0.05, 0) is 24.3 Å². The number of hydrogen-bond donors (Lipinski definition) is 1. The van der Waals surface area contributed by atoms with Crippen molar-refractivity contribution in [2.45, 2.75) is 0 Å². The van der Waals surface area contributed by atoms with Crippen molar-refractivity contribution in [2.24, 2.45) is 7.05 Å². The Morgan fingerprint density at radius 2 is 1.90 bits per heavy atom. The molecule has 1 fully saturated rings. The number of aromatic nitrogens is 5. The Balaban J connectivity index is 1.22. The minimum atomic E-state index is -0.0171. The molecule has 1 N–H and O–H groups in total. The molecule has 9 nitrogen and oxygen atoms in total. The van der Waals surface area contributed by atoms with E-state index in [9.17, 15) is 4.79 Å². The minimum absolute atomic E-state index is 0.0171. The van der Waals surface area contributed by atoms with Gasteiger partial charge in [-0.2, -0.15) is 5.10 Å². The van der Waals surface area contributed by atoms with Crippen LogP contribution in [-0.4, -0.2) is 68.3 Å². The highest BCUT2D eigenvalue weighted by molar-refractivity contribution is 6.01. The van der Waals surface area contributed by atoms with Crippen LogP contribution in [0.1, 0.15) is 0 Å². The van der Waals surface area contributed by atoms with E-state index >= 15 is 0 Å². The lowest BCUT2D eigenvalue weighted by Crippen LogP contribution is -2.49. The lowest BCUT2D eigenvalue weighted by atomic mass is 10.2. The lowest BCUT2D eigenvalue weighted by Gasteiger charge is -2.35. The third-order valence-corrected chi connectivity index (χ3v) is 5.47. The molecule has 0 radical (unpaired) electrons. The molecule has 0 unspecified atom stereocenters. The number of anilines is 2. The van der Waals surface area contributed by atoms with Gasteiger partial charge in [-0.15, -0.1) is 0 Å². The van der Waals surface area contributed by atoms with Gasteiger partial charge in [-0.25, -0.2) is 9.97 Å². The molecule has 1 aromatic carbocycles. The van der Waals surface area contributed by atoms with Gasteiger partial charge in [-0.1, -0.05) is 6.07 Å². The fourth-order valence-electron chi connectivity index (χ4n) is 3.92. The molecular formula is C21H22N8O. The van der Waals surface area contributed by atoms with E-state index in [0.717, 1.165) is 59.6 Å². The van der Waals surface area contributed by atoms with Gasteiger partial charge >= 0.3 is 0 Å². The zero-order valence-corrected chi connectivity index (χ0v) is 16.7. The summed E-state index contributed by atoms with van der Waals surface area (Å²) >= 11 is 0. The Bertz CT molecular complexity index is 1210. The fourth-order valence-corrected chi connectivity index (χ4v) is 3.92. The van der Waals surface area contributed by atoms with E-state index in [2.05, 4.69) is 35.2 Å². The summed E-state index contributed by atoms with van der Waals surface area (Å²) < 4.78 is 1.75. The minimum Gasteiger partial charge on any atom is -0.353 e. The first-order valence-corrected chi connectivity index (χ1v) is 9.92. The van der Waals surface area contributed by atoms with E-state index in [4.69, 9.17) is 0 Å². The summed E-state index contributed by atoms with van der Waals surface area (Å²) in [6.07, 6.45) is 5.14. The number of carbonyl (C=O) groups is 1. The monoisotopic (exact) mass is 402 g/mol. The van der Waals surface area contributed by atoms with Gasteiger partial charge in [0.05, 0.1) is 29.3 Å². The molecule has 0 spiro atoms. The normalized spacial score (nSPS) is 15.0. The molecule has 9 heteroatoms. The molecule has 152 valence electrons. The van der Waals surface area contributed by atoms with Crippen LogP contribution in [0.3, 0.4) is 0 Å². The van der Waals surface area contributed by atoms with Crippen LogP contribution < -0.4 is 10.2 Å². The van der Waals surface area contributed by atoms with Crippen LogP contribution in [0, 0.1) is 0 Å². The molecule has 0 atom stereocenters. The first-order valence-electron chi connectivity index (χ1n) is 9.92. The second kappa shape index (κ2) is 7.68. The van der Waals surface area contributed by atoms with Gasteiger partial charge in [0.1, 0.15) is 12.1 Å². The van der Waals surface area contributed by atoms with E-state index in [0.29, 0.717) is 6.54 Å². The van der Waals surface area contributed by atoms with E-state index in [1.54, 1.807) is 17.2 Å². The standard InChI is InChI=1S/C21H22N8O/c1-27-20-16(12-25-27)21(24-14-23-20)29-10-8-28(9-11-29)13-19(30)26-18-6-2-5-17-15(18)4-3-7-22-17/h2-7,12,14H,8-11,13H2,1H3,(H,26,30). The number of piperazine rings is 1. The highest BCUT2D eigenvalue weighted by Gasteiger charge is 2.22. The molecule has 1 saturated heterocycles. The molecule has 3 aromatic heterocycles. The summed E-state index contributed by atoms with van der Waals surface area (Å²) in [5.74, 6) is 0.886. The summed E-state index contributed by atoms with van der Waals surface area (Å²) in [5, 5.41) is 9.22. The van der Waals surface area contributed by atoms with Crippen LogP contribution in [0.15, 0.2) is 49.1 Å². The average molecular weight is 402 g/mol. The van der Waals surface area contributed by atoms with Gasteiger partial charge in [0.2, 0.25) is 5.91 Å². The smallest absolute Gasteiger partial charge is 0.238 e. The molecule has 4 heterocycles. The molecule has 1 aliphatic rings. The fraction of sp³-hybridized carbons (Fsp3) is 0.286. The van der Waals surface area contributed by atoms with Crippen LogP contribution in [0.25, 0.3) is 21.9 Å². The molecule has 1 aliphatic heterocycles. The van der Waals surface area contributed by atoms with Crippen molar-refractivity contribution in [3.63, 3.8) is 0 Å². The molecule has 5 rings (SSSR count). The third-order valence-electron chi connectivity index (χ3n) is 5.47. The second-order valence-corrected chi connectivity index (χ2v) is 7.39. The number of benzene rings is 1. The van der Waals surface area contributed by atoms with E-state index in [-0.39, 0.29) is 5.91 Å². The van der Waals surface area contributed by atoms with E-state index < -0.39 is 0 Å². The number of fused-ring (bicyclic) bond motifs is 2. The van der Waals surface area contributed by atoms with Crippen molar-refractivity contribution in [3.05, 3.63) is 49.1 Å². The maximum absolute atomic E-state index is 12.6. The van der Waals surface area contributed by atoms with E-state index in [1.165, 1.54) is 0 Å². The first-order chi connectivity index (χ1) is 14.7. The number of nitrogens with zero attached hydrogens (tertiary/aromatic N) is 7. The van der Waals surface area contributed by atoms with Crippen molar-refractivity contribution < 1.29 is 4.79 Å². The predicted molar refractivity (Wildman–Crippen MR) is 115 cm³/mol. The zero-order valence-electron chi connectivity index (χ0n) is 16.7. The van der Waals surface area contributed by atoms with Gasteiger partial charge in [0.25, 0.3) is 0 Å². The number of carbonyl (C=O) groups excluding carboxylic acids is 1. The summed E-state index contributed by atoms with van der Waals surface area (Å²) in [4.78, 5) is 30.2. The predicted octanol–water partition coefficient (Wildman–Crippen LogP) is 1.67. The number of aryl methyl sites for hydroxylation is 1. The summed E-state index contributed by atoms with van der Waals surface area (Å²) in [6, 6.07) is 9.61.